The van der Waals surface area contributed by atoms with Crippen LogP contribution in [0.3, 0.4) is 0 Å². The lowest BCUT2D eigenvalue weighted by Crippen LogP contribution is -2.46. The van der Waals surface area contributed by atoms with Gasteiger partial charge in [-0.05, 0) is 56.8 Å². The number of anilines is 1. The maximum Gasteiger partial charge on any atom is 0.387 e. The highest BCUT2D eigenvalue weighted by Gasteiger charge is 2.27. The Morgan fingerprint density at radius 3 is 2.84 bits per heavy atom. The summed E-state index contributed by atoms with van der Waals surface area (Å²) >= 11 is 6.20. The van der Waals surface area contributed by atoms with Crippen molar-refractivity contribution < 1.29 is 23.1 Å². The van der Waals surface area contributed by atoms with E-state index in [1.807, 2.05) is 7.05 Å². The summed E-state index contributed by atoms with van der Waals surface area (Å²) in [5.74, 6) is -0.929. The van der Waals surface area contributed by atoms with Crippen LogP contribution in [0.5, 0.6) is 5.75 Å². The van der Waals surface area contributed by atoms with Crippen molar-refractivity contribution in [2.24, 2.45) is 0 Å². The Balaban J connectivity index is 1.40. The van der Waals surface area contributed by atoms with Crippen LogP contribution in [0.25, 0.3) is 16.9 Å². The molecule has 43 heavy (non-hydrogen) atoms. The van der Waals surface area contributed by atoms with Gasteiger partial charge in [-0.3, -0.25) is 14.3 Å². The third-order valence-electron chi connectivity index (χ3n) is 7.31. The number of alkyl halides is 2. The number of amides is 2. The Morgan fingerprint density at radius 1 is 1.30 bits per heavy atom. The lowest BCUT2D eigenvalue weighted by atomic mass is 10.0. The van der Waals surface area contributed by atoms with Crippen molar-refractivity contribution in [1.82, 2.24) is 34.2 Å². The Labute approximate surface area is 250 Å². The highest BCUT2D eigenvalue weighted by Crippen LogP contribution is 2.37. The molecule has 1 aromatic carbocycles. The number of hydrogen-bond donors (Lipinski definition) is 2. The van der Waals surface area contributed by atoms with E-state index in [9.17, 15) is 18.4 Å². The first-order valence-corrected chi connectivity index (χ1v) is 14.0. The van der Waals surface area contributed by atoms with Crippen LogP contribution in [0, 0.1) is 5.41 Å². The molecular formula is C28H30ClF2N9O3. The number of aromatic nitrogens is 5. The van der Waals surface area contributed by atoms with E-state index >= 15 is 0 Å². The van der Waals surface area contributed by atoms with Crippen molar-refractivity contribution in [2.75, 3.05) is 32.0 Å². The molecule has 2 amide bonds. The van der Waals surface area contributed by atoms with Crippen molar-refractivity contribution >= 4 is 41.0 Å². The summed E-state index contributed by atoms with van der Waals surface area (Å²) in [6.07, 6.45) is 9.68. The zero-order chi connectivity index (χ0) is 30.5. The van der Waals surface area contributed by atoms with E-state index < -0.39 is 12.5 Å². The van der Waals surface area contributed by atoms with Gasteiger partial charge < -0.3 is 25.3 Å². The summed E-state index contributed by atoms with van der Waals surface area (Å²) in [6.45, 7) is -1.32. The number of carbonyl (C=O) groups excluding carboxylic acids is 2. The molecule has 4 aromatic rings. The van der Waals surface area contributed by atoms with Crippen molar-refractivity contribution in [3.8, 4) is 17.0 Å². The monoisotopic (exact) mass is 613 g/mol. The Hall–Kier alpha value is -4.43. The third-order valence-corrected chi connectivity index (χ3v) is 7.55. The predicted octanol–water partition coefficient (Wildman–Crippen LogP) is 4.06. The molecule has 1 fully saturated rings. The molecule has 0 unspecified atom stereocenters. The predicted molar refractivity (Wildman–Crippen MR) is 156 cm³/mol. The number of piperidine rings is 1. The van der Waals surface area contributed by atoms with Crippen LogP contribution in [0.1, 0.15) is 29.6 Å². The Kier molecular flexibility index (Phi) is 9.26. The highest BCUT2D eigenvalue weighted by atomic mass is 35.5. The zero-order valence-corrected chi connectivity index (χ0v) is 24.0. The maximum atomic E-state index is 13.3. The molecule has 3 aromatic heterocycles. The average molecular weight is 614 g/mol. The Morgan fingerprint density at radius 2 is 2.09 bits per heavy atom. The molecule has 1 aliphatic heterocycles. The van der Waals surface area contributed by atoms with Crippen molar-refractivity contribution in [2.45, 2.75) is 38.5 Å². The molecule has 4 heterocycles. The molecule has 0 bridgehead atoms. The van der Waals surface area contributed by atoms with Crippen LogP contribution in [0.15, 0.2) is 49.1 Å². The van der Waals surface area contributed by atoms with Crippen LogP contribution in [0.4, 0.5) is 14.5 Å². The molecule has 0 spiro atoms. The van der Waals surface area contributed by atoms with Gasteiger partial charge in [-0.1, -0.05) is 11.6 Å². The topological polar surface area (TPSA) is 134 Å². The number of rotatable bonds is 11. The van der Waals surface area contributed by atoms with E-state index in [0.29, 0.717) is 31.2 Å². The van der Waals surface area contributed by atoms with Crippen molar-refractivity contribution in [1.29, 1.82) is 5.41 Å². The van der Waals surface area contributed by atoms with Gasteiger partial charge in [0, 0.05) is 54.9 Å². The number of fused-ring (bicyclic) bond motifs is 1. The summed E-state index contributed by atoms with van der Waals surface area (Å²) < 4.78 is 34.0. The van der Waals surface area contributed by atoms with Gasteiger partial charge in [0.1, 0.15) is 23.6 Å². The van der Waals surface area contributed by atoms with Gasteiger partial charge >= 0.3 is 6.61 Å². The molecule has 12 nitrogen and oxygen atoms in total. The van der Waals surface area contributed by atoms with E-state index in [1.54, 1.807) is 17.2 Å². The first-order valence-electron chi connectivity index (χ1n) is 13.6. The number of halogens is 3. The van der Waals surface area contributed by atoms with Crippen LogP contribution < -0.4 is 10.1 Å². The van der Waals surface area contributed by atoms with E-state index in [0.717, 1.165) is 19.4 Å². The molecule has 0 radical (unpaired) electrons. The smallest absolute Gasteiger partial charge is 0.387 e. The van der Waals surface area contributed by atoms with Crippen molar-refractivity contribution in [3.05, 3.63) is 59.6 Å². The molecule has 2 N–H and O–H groups in total. The number of nitrogens with zero attached hydrogens (tertiary/aromatic N) is 7. The quantitative estimate of drug-likeness (QED) is 0.244. The molecule has 0 atom stereocenters. The Bertz CT molecular complexity index is 1620. The number of ether oxygens (including phenoxy) is 1. The fourth-order valence-corrected chi connectivity index (χ4v) is 5.27. The lowest BCUT2D eigenvalue weighted by Gasteiger charge is -2.36. The second-order valence-electron chi connectivity index (χ2n) is 10.1. The van der Waals surface area contributed by atoms with Crippen molar-refractivity contribution in [3.63, 3.8) is 0 Å². The van der Waals surface area contributed by atoms with E-state index in [1.165, 1.54) is 52.2 Å². The van der Waals surface area contributed by atoms with Crippen LogP contribution in [-0.4, -0.2) is 91.5 Å². The number of likely N-dealkylation sites (tertiary alicyclic amines) is 1. The molecule has 0 aliphatic carbocycles. The average Bonchev–Trinajstić information content (AvgIpc) is 3.60. The standard InChI is InChI=1S/C28H30ClF2N9O3/c1-37(10-2-8-32)19-6-12-38(13-7-19)24(41)17-39-16-22(35-27(42)21-15-34-40-11-3-9-33-26(21)40)25(36-39)20-14-18(29)4-5-23(20)43-28(30)31/h3-5,8-9,11,14-16,19,28,32H,2,6-7,10,12-13,17H2,1H3,(H,35,42). The molecule has 0 saturated carbocycles. The minimum absolute atomic E-state index is 0.0928. The highest BCUT2D eigenvalue weighted by molar-refractivity contribution is 6.31. The van der Waals surface area contributed by atoms with E-state index in [-0.39, 0.29) is 45.7 Å². The summed E-state index contributed by atoms with van der Waals surface area (Å²) in [5.41, 5.74) is 0.858. The number of carbonyl (C=O) groups is 2. The SMILES string of the molecule is CN(CCC=N)C1CCN(C(=O)Cn2cc(NC(=O)c3cnn4cccnc34)c(-c3cc(Cl)ccc3OC(F)F)n2)CC1. The second kappa shape index (κ2) is 13.3. The molecule has 1 aliphatic rings. The first-order chi connectivity index (χ1) is 20.7. The van der Waals surface area contributed by atoms with E-state index in [4.69, 9.17) is 21.7 Å². The normalized spacial score (nSPS) is 14.0. The number of benzene rings is 1. The third kappa shape index (κ3) is 6.97. The summed E-state index contributed by atoms with van der Waals surface area (Å²) in [4.78, 5) is 34.8. The summed E-state index contributed by atoms with van der Waals surface area (Å²) in [5, 5.41) is 18.9. The molecule has 15 heteroatoms. The zero-order valence-electron chi connectivity index (χ0n) is 23.3. The first kappa shape index (κ1) is 30.0. The van der Waals surface area contributed by atoms with E-state index in [2.05, 4.69) is 25.4 Å². The lowest BCUT2D eigenvalue weighted by molar-refractivity contribution is -0.133. The van der Waals surface area contributed by atoms with Crippen LogP contribution in [-0.2, 0) is 11.3 Å². The number of nitrogens with one attached hydrogen (secondary N) is 2. The number of hydrogen-bond acceptors (Lipinski definition) is 8. The molecular weight excluding hydrogens is 584 g/mol. The maximum absolute atomic E-state index is 13.3. The van der Waals surface area contributed by atoms with Crippen LogP contribution >= 0.6 is 11.6 Å². The minimum atomic E-state index is -3.11. The van der Waals surface area contributed by atoms with Gasteiger partial charge in [-0.2, -0.15) is 19.0 Å². The fourth-order valence-electron chi connectivity index (χ4n) is 5.10. The van der Waals surface area contributed by atoms with Gasteiger partial charge in [0.25, 0.3) is 5.91 Å². The largest absolute Gasteiger partial charge is 0.434 e. The van der Waals surface area contributed by atoms with Gasteiger partial charge in [-0.25, -0.2) is 9.50 Å². The fraction of sp³-hybridized carbons (Fsp3) is 0.357. The molecule has 1 saturated heterocycles. The molecule has 5 rings (SSSR count). The second-order valence-corrected chi connectivity index (χ2v) is 10.5. The van der Waals surface area contributed by atoms with Gasteiger partial charge in [0.2, 0.25) is 5.91 Å². The van der Waals surface area contributed by atoms with Gasteiger partial charge in [0.05, 0.1) is 11.9 Å². The van der Waals surface area contributed by atoms with Gasteiger partial charge in [-0.15, -0.1) is 0 Å². The molecule has 226 valence electrons. The summed E-state index contributed by atoms with van der Waals surface area (Å²) in [6, 6.07) is 6.09. The minimum Gasteiger partial charge on any atom is -0.434 e. The van der Waals surface area contributed by atoms with Crippen LogP contribution in [0.2, 0.25) is 5.02 Å². The van der Waals surface area contributed by atoms with Gasteiger partial charge in [0.15, 0.2) is 5.65 Å². The summed E-state index contributed by atoms with van der Waals surface area (Å²) in [7, 11) is 2.03.